The predicted molar refractivity (Wildman–Crippen MR) is 63.4 cm³/mol. The van der Waals surface area contributed by atoms with Crippen molar-refractivity contribution in [1.82, 2.24) is 0 Å². The van der Waals surface area contributed by atoms with E-state index < -0.39 is 45.4 Å². The second kappa shape index (κ2) is 5.32. The third-order valence-electron chi connectivity index (χ3n) is 2.82. The summed E-state index contributed by atoms with van der Waals surface area (Å²) in [4.78, 5) is 9.36. The summed E-state index contributed by atoms with van der Waals surface area (Å²) in [5.74, 6) is -7.24. The molecule has 0 N–H and O–H groups in total. The van der Waals surface area contributed by atoms with Crippen molar-refractivity contribution in [2.45, 2.75) is 6.18 Å². The second-order valence-electron chi connectivity index (χ2n) is 4.16. The zero-order chi connectivity index (χ0) is 16.7. The van der Waals surface area contributed by atoms with Gasteiger partial charge in [0.05, 0.1) is 10.5 Å². The molecule has 0 spiro atoms. The second-order valence-corrected chi connectivity index (χ2v) is 4.16. The lowest BCUT2D eigenvalue weighted by atomic mass is 9.98. The molecular formula is C13H5F6NO2. The monoisotopic (exact) mass is 321 g/mol. The summed E-state index contributed by atoms with van der Waals surface area (Å²) in [6.07, 6.45) is -5.55. The molecule has 2 aromatic rings. The molecule has 9 heteroatoms. The Labute approximate surface area is 118 Å². The fourth-order valence-electron chi connectivity index (χ4n) is 1.94. The van der Waals surface area contributed by atoms with Crippen LogP contribution in [0.2, 0.25) is 0 Å². The van der Waals surface area contributed by atoms with Crippen molar-refractivity contribution in [2.24, 2.45) is 0 Å². The summed E-state index contributed by atoms with van der Waals surface area (Å²) in [5, 5.41) is 10.8. The van der Waals surface area contributed by atoms with Crippen LogP contribution in [0.3, 0.4) is 0 Å². The van der Waals surface area contributed by atoms with Crippen molar-refractivity contribution in [3.8, 4) is 11.1 Å². The number of nitro benzene ring substituents is 1. The van der Waals surface area contributed by atoms with Crippen LogP contribution in [0.1, 0.15) is 5.56 Å². The van der Waals surface area contributed by atoms with Crippen LogP contribution >= 0.6 is 0 Å². The SMILES string of the molecule is O=[N+]([O-])c1c(F)c(F)c(C(F)(F)F)c(F)c1-c1ccccc1. The predicted octanol–water partition coefficient (Wildman–Crippen LogP) is 4.70. The number of rotatable bonds is 2. The third kappa shape index (κ3) is 2.49. The van der Waals surface area contributed by atoms with Crippen LogP contribution in [0.5, 0.6) is 0 Å². The molecule has 0 heterocycles. The number of alkyl halides is 3. The minimum atomic E-state index is -5.55. The first-order chi connectivity index (χ1) is 10.2. The van der Waals surface area contributed by atoms with Gasteiger partial charge in [-0.05, 0) is 5.56 Å². The Morgan fingerprint density at radius 3 is 1.91 bits per heavy atom. The average Bonchev–Trinajstić information content (AvgIpc) is 2.41. The highest BCUT2D eigenvalue weighted by molar-refractivity contribution is 5.75. The van der Waals surface area contributed by atoms with Crippen LogP contribution in [0.15, 0.2) is 30.3 Å². The van der Waals surface area contributed by atoms with E-state index in [0.29, 0.717) is 0 Å². The molecule has 0 saturated heterocycles. The Hall–Kier alpha value is -2.58. The molecule has 0 atom stereocenters. The van der Waals surface area contributed by atoms with Gasteiger partial charge in [0.15, 0.2) is 11.6 Å². The van der Waals surface area contributed by atoms with E-state index in [2.05, 4.69) is 0 Å². The third-order valence-corrected chi connectivity index (χ3v) is 2.82. The highest BCUT2D eigenvalue weighted by Crippen LogP contribution is 2.43. The molecule has 22 heavy (non-hydrogen) atoms. The summed E-state index contributed by atoms with van der Waals surface area (Å²) in [6, 6.07) is 6.02. The molecule has 116 valence electrons. The first-order valence-corrected chi connectivity index (χ1v) is 5.63. The van der Waals surface area contributed by atoms with Gasteiger partial charge in [0, 0.05) is 0 Å². The number of halogens is 6. The molecule has 0 aliphatic carbocycles. The first-order valence-electron chi connectivity index (χ1n) is 5.63. The lowest BCUT2D eigenvalue weighted by molar-refractivity contribution is -0.387. The minimum absolute atomic E-state index is 0.379. The molecule has 0 bridgehead atoms. The molecule has 0 radical (unpaired) electrons. The molecule has 0 aromatic heterocycles. The van der Waals surface area contributed by atoms with Crippen molar-refractivity contribution in [3.05, 3.63) is 63.5 Å². The number of hydrogen-bond acceptors (Lipinski definition) is 2. The molecule has 0 unspecified atom stereocenters. The topological polar surface area (TPSA) is 43.1 Å². The molecule has 0 amide bonds. The maximum absolute atomic E-state index is 14.1. The van der Waals surface area contributed by atoms with Gasteiger partial charge in [-0.3, -0.25) is 10.1 Å². The quantitative estimate of drug-likeness (QED) is 0.348. The van der Waals surface area contributed by atoms with Crippen molar-refractivity contribution in [2.75, 3.05) is 0 Å². The van der Waals surface area contributed by atoms with Crippen molar-refractivity contribution >= 4 is 5.69 Å². The largest absolute Gasteiger partial charge is 0.422 e. The zero-order valence-electron chi connectivity index (χ0n) is 10.4. The lowest BCUT2D eigenvalue weighted by Crippen LogP contribution is -2.16. The molecule has 0 aliphatic heterocycles. The van der Waals surface area contributed by atoms with Gasteiger partial charge in [0.1, 0.15) is 5.56 Å². The molecule has 3 nitrogen and oxygen atoms in total. The van der Waals surface area contributed by atoms with Gasteiger partial charge in [-0.25, -0.2) is 8.78 Å². The Balaban J connectivity index is 2.98. The van der Waals surface area contributed by atoms with E-state index in [0.717, 1.165) is 12.1 Å². The van der Waals surface area contributed by atoms with Crippen molar-refractivity contribution < 1.29 is 31.3 Å². The Bertz CT molecular complexity index is 743. The standard InChI is InChI=1S/C13H5F6NO2/c14-9-7(6-4-2-1-3-5-6)12(20(21)22)11(16)10(15)8(9)13(17,18)19/h1-5H. The van der Waals surface area contributed by atoms with E-state index in [4.69, 9.17) is 0 Å². The fourth-order valence-corrected chi connectivity index (χ4v) is 1.94. The van der Waals surface area contributed by atoms with Crippen LogP contribution in [-0.4, -0.2) is 4.92 Å². The molecule has 0 saturated carbocycles. The van der Waals surface area contributed by atoms with E-state index in [1.807, 2.05) is 0 Å². The maximum Gasteiger partial charge on any atom is 0.422 e. The lowest BCUT2D eigenvalue weighted by Gasteiger charge is -2.14. The van der Waals surface area contributed by atoms with Crippen LogP contribution in [0.4, 0.5) is 32.0 Å². The molecule has 2 aromatic carbocycles. The maximum atomic E-state index is 14.1. The number of hydrogen-bond donors (Lipinski definition) is 0. The number of benzene rings is 2. The Morgan fingerprint density at radius 1 is 0.909 bits per heavy atom. The summed E-state index contributed by atoms with van der Waals surface area (Å²) < 4.78 is 79.3. The molecular weight excluding hydrogens is 316 g/mol. The van der Waals surface area contributed by atoms with Crippen molar-refractivity contribution in [3.63, 3.8) is 0 Å². The highest BCUT2D eigenvalue weighted by atomic mass is 19.4. The average molecular weight is 321 g/mol. The van der Waals surface area contributed by atoms with Gasteiger partial charge < -0.3 is 0 Å². The van der Waals surface area contributed by atoms with E-state index in [9.17, 15) is 36.5 Å². The van der Waals surface area contributed by atoms with E-state index >= 15 is 0 Å². The van der Waals surface area contributed by atoms with Gasteiger partial charge in [0.25, 0.3) is 0 Å². The number of nitro groups is 1. The Morgan fingerprint density at radius 2 is 1.45 bits per heavy atom. The minimum Gasteiger partial charge on any atom is -0.258 e. The molecule has 0 fully saturated rings. The first kappa shape index (κ1) is 15.8. The van der Waals surface area contributed by atoms with Gasteiger partial charge in [-0.2, -0.15) is 17.6 Å². The van der Waals surface area contributed by atoms with Crippen LogP contribution < -0.4 is 0 Å². The van der Waals surface area contributed by atoms with Gasteiger partial charge in [-0.15, -0.1) is 0 Å². The summed E-state index contributed by atoms with van der Waals surface area (Å²) in [7, 11) is 0. The summed E-state index contributed by atoms with van der Waals surface area (Å²) in [5.41, 5.74) is -5.82. The zero-order valence-corrected chi connectivity index (χ0v) is 10.4. The summed E-state index contributed by atoms with van der Waals surface area (Å²) in [6.45, 7) is 0. The van der Waals surface area contributed by atoms with Gasteiger partial charge >= 0.3 is 11.9 Å². The molecule has 0 aliphatic rings. The van der Waals surface area contributed by atoms with Crippen molar-refractivity contribution in [1.29, 1.82) is 0 Å². The van der Waals surface area contributed by atoms with Gasteiger partial charge in [0.2, 0.25) is 5.82 Å². The van der Waals surface area contributed by atoms with Crippen LogP contribution in [-0.2, 0) is 6.18 Å². The summed E-state index contributed by atoms with van der Waals surface area (Å²) >= 11 is 0. The normalized spacial score (nSPS) is 11.5. The highest BCUT2D eigenvalue weighted by Gasteiger charge is 2.44. The Kier molecular flexibility index (Phi) is 3.82. The smallest absolute Gasteiger partial charge is 0.258 e. The fraction of sp³-hybridized carbons (Fsp3) is 0.0769. The molecule has 2 rings (SSSR count). The van der Waals surface area contributed by atoms with E-state index in [1.165, 1.54) is 18.2 Å². The number of nitrogens with zero attached hydrogens (tertiary/aromatic N) is 1. The van der Waals surface area contributed by atoms with Gasteiger partial charge in [-0.1, -0.05) is 30.3 Å². The van der Waals surface area contributed by atoms with E-state index in [-0.39, 0.29) is 5.56 Å². The van der Waals surface area contributed by atoms with Crippen LogP contribution in [0, 0.1) is 27.6 Å². The van der Waals surface area contributed by atoms with E-state index in [1.54, 1.807) is 0 Å². The van der Waals surface area contributed by atoms with Crippen LogP contribution in [0.25, 0.3) is 11.1 Å².